The summed E-state index contributed by atoms with van der Waals surface area (Å²) in [5.74, 6) is -0.312. The molecule has 0 saturated heterocycles. The van der Waals surface area contributed by atoms with E-state index in [1.807, 2.05) is 51.1 Å². The SMILES string of the molecule is C=C[C@@H](CC)CC(=O)N(C)[C@H](CC(OC(C)=O)c1nc(C(O)N[C@H](CNS(C)(=O)=O)Cc2ccccc2)cs1)C(C)C. The van der Waals surface area contributed by atoms with Crippen LogP contribution < -0.4 is 10.0 Å². The van der Waals surface area contributed by atoms with Crippen LogP contribution >= 0.6 is 11.3 Å². The maximum atomic E-state index is 13.1. The van der Waals surface area contributed by atoms with E-state index in [4.69, 9.17) is 4.74 Å². The largest absolute Gasteiger partial charge is 0.455 e. The Kier molecular flexibility index (Phi) is 14.3. The molecule has 1 aromatic heterocycles. The van der Waals surface area contributed by atoms with Gasteiger partial charge >= 0.3 is 5.97 Å². The molecule has 10 nitrogen and oxygen atoms in total. The topological polar surface area (TPSA) is 138 Å². The third kappa shape index (κ3) is 11.9. The zero-order valence-electron chi connectivity index (χ0n) is 25.4. The number of thiazole rings is 1. The zero-order chi connectivity index (χ0) is 31.4. The molecule has 1 heterocycles. The van der Waals surface area contributed by atoms with Crippen molar-refractivity contribution in [2.75, 3.05) is 19.8 Å². The average molecular weight is 623 g/mol. The third-order valence-electron chi connectivity index (χ3n) is 7.12. The van der Waals surface area contributed by atoms with Crippen LogP contribution in [0.3, 0.4) is 0 Å². The summed E-state index contributed by atoms with van der Waals surface area (Å²) in [6, 6.07) is 8.89. The molecule has 0 aliphatic carbocycles. The van der Waals surface area contributed by atoms with Gasteiger partial charge < -0.3 is 14.7 Å². The number of hydrogen-bond acceptors (Lipinski definition) is 9. The van der Waals surface area contributed by atoms with Crippen molar-refractivity contribution in [2.24, 2.45) is 11.8 Å². The lowest BCUT2D eigenvalue weighted by Crippen LogP contribution is -2.43. The lowest BCUT2D eigenvalue weighted by molar-refractivity contribution is -0.148. The van der Waals surface area contributed by atoms with Crippen molar-refractivity contribution in [1.82, 2.24) is 19.9 Å². The number of aliphatic hydroxyl groups excluding tert-OH is 1. The molecule has 0 aliphatic rings. The molecule has 0 spiro atoms. The number of nitrogens with zero attached hydrogens (tertiary/aromatic N) is 2. The second-order valence-electron chi connectivity index (χ2n) is 10.9. The highest BCUT2D eigenvalue weighted by Gasteiger charge is 2.31. The number of rotatable bonds is 18. The minimum absolute atomic E-state index is 0.00589. The average Bonchev–Trinajstić information content (AvgIpc) is 3.42. The normalized spacial score (nSPS) is 15.4. The number of carbonyl (C=O) groups is 2. The number of aromatic nitrogens is 1. The number of sulfonamides is 1. The van der Waals surface area contributed by atoms with E-state index in [0.29, 0.717) is 30.0 Å². The van der Waals surface area contributed by atoms with Crippen molar-refractivity contribution in [1.29, 1.82) is 0 Å². The Morgan fingerprint density at radius 3 is 2.45 bits per heavy atom. The summed E-state index contributed by atoms with van der Waals surface area (Å²) in [6.07, 6.45) is 2.96. The second kappa shape index (κ2) is 16.9. The van der Waals surface area contributed by atoms with E-state index < -0.39 is 34.4 Å². The van der Waals surface area contributed by atoms with Gasteiger partial charge in [0.1, 0.15) is 11.2 Å². The molecule has 3 N–H and O–H groups in total. The molecule has 42 heavy (non-hydrogen) atoms. The van der Waals surface area contributed by atoms with Crippen LogP contribution in [0.1, 0.15) is 75.6 Å². The van der Waals surface area contributed by atoms with Gasteiger partial charge in [-0.25, -0.2) is 18.1 Å². The van der Waals surface area contributed by atoms with Crippen molar-refractivity contribution in [3.8, 4) is 0 Å². The number of allylic oxidation sites excluding steroid dienone is 1. The molecule has 2 aromatic rings. The zero-order valence-corrected chi connectivity index (χ0v) is 27.1. The number of hydrogen-bond donors (Lipinski definition) is 3. The number of nitrogens with one attached hydrogen (secondary N) is 2. The summed E-state index contributed by atoms with van der Waals surface area (Å²) < 4.78 is 31.7. The number of esters is 1. The van der Waals surface area contributed by atoms with Crippen molar-refractivity contribution in [2.45, 2.75) is 77.8 Å². The Bertz CT molecular complexity index is 1250. The minimum atomic E-state index is -3.44. The predicted octanol–water partition coefficient (Wildman–Crippen LogP) is 3.96. The second-order valence-corrected chi connectivity index (χ2v) is 13.7. The van der Waals surface area contributed by atoms with Gasteiger partial charge in [-0.1, -0.05) is 57.2 Å². The first-order valence-electron chi connectivity index (χ1n) is 14.2. The highest BCUT2D eigenvalue weighted by atomic mass is 32.2. The van der Waals surface area contributed by atoms with Gasteiger partial charge in [-0.05, 0) is 30.2 Å². The third-order valence-corrected chi connectivity index (χ3v) is 8.77. The molecular weight excluding hydrogens is 576 g/mol. The van der Waals surface area contributed by atoms with E-state index >= 15 is 0 Å². The van der Waals surface area contributed by atoms with Crippen LogP contribution in [0.2, 0.25) is 0 Å². The summed E-state index contributed by atoms with van der Waals surface area (Å²) in [5.41, 5.74) is 1.30. The van der Waals surface area contributed by atoms with Gasteiger partial charge in [0.2, 0.25) is 15.9 Å². The molecule has 5 atom stereocenters. The molecule has 0 saturated carbocycles. The van der Waals surface area contributed by atoms with Crippen LogP contribution in [0.4, 0.5) is 0 Å². The van der Waals surface area contributed by atoms with Crippen molar-refractivity contribution < 1.29 is 27.9 Å². The fourth-order valence-electron chi connectivity index (χ4n) is 4.67. The number of ether oxygens (including phenoxy) is 1. The summed E-state index contributed by atoms with van der Waals surface area (Å²) in [6.45, 7) is 11.3. The van der Waals surface area contributed by atoms with Crippen LogP contribution in [0.25, 0.3) is 0 Å². The number of benzene rings is 1. The van der Waals surface area contributed by atoms with E-state index in [1.54, 1.807) is 23.4 Å². The van der Waals surface area contributed by atoms with Gasteiger partial charge in [0, 0.05) is 50.8 Å². The minimum Gasteiger partial charge on any atom is -0.455 e. The quantitative estimate of drug-likeness (QED) is 0.129. The molecule has 1 aromatic carbocycles. The van der Waals surface area contributed by atoms with E-state index in [0.717, 1.165) is 18.2 Å². The van der Waals surface area contributed by atoms with E-state index in [9.17, 15) is 23.1 Å². The summed E-state index contributed by atoms with van der Waals surface area (Å²) in [4.78, 5) is 31.5. The van der Waals surface area contributed by atoms with Gasteiger partial charge in [-0.2, -0.15) is 0 Å². The van der Waals surface area contributed by atoms with Crippen LogP contribution in [-0.2, 0) is 30.8 Å². The van der Waals surface area contributed by atoms with Crippen LogP contribution in [-0.4, -0.2) is 67.2 Å². The first kappa shape index (κ1) is 35.6. The van der Waals surface area contributed by atoms with E-state index in [1.165, 1.54) is 18.3 Å². The lowest BCUT2D eigenvalue weighted by Gasteiger charge is -2.34. The van der Waals surface area contributed by atoms with Crippen LogP contribution in [0.15, 0.2) is 48.4 Å². The lowest BCUT2D eigenvalue weighted by atomic mass is 9.95. The fraction of sp³-hybridized carbons (Fsp3) is 0.567. The molecule has 0 radical (unpaired) electrons. The Hall–Kier alpha value is -2.64. The van der Waals surface area contributed by atoms with Gasteiger partial charge in [-0.15, -0.1) is 17.9 Å². The molecule has 0 bridgehead atoms. The monoisotopic (exact) mass is 622 g/mol. The Morgan fingerprint density at radius 2 is 1.90 bits per heavy atom. The summed E-state index contributed by atoms with van der Waals surface area (Å²) >= 11 is 1.25. The van der Waals surface area contributed by atoms with Gasteiger partial charge in [0.05, 0.1) is 11.9 Å². The number of carbonyl (C=O) groups excluding carboxylic acids is 2. The summed E-state index contributed by atoms with van der Waals surface area (Å²) in [5, 5.41) is 16.3. The molecule has 234 valence electrons. The van der Waals surface area contributed by atoms with Crippen molar-refractivity contribution in [3.05, 3.63) is 64.6 Å². The molecular formula is C30H46N4O6S2. The standard InChI is InChI=1S/C30H46N4O6S2/c1-8-22(9-2)16-28(36)34(6)26(20(3)4)17-27(40-21(5)35)30-33-25(19-41-30)29(37)32-24(18-31-42(7,38)39)15-23-13-11-10-12-14-23/h8,10-14,19-20,22,24,26-27,29,31-32,37H,1,9,15-18H2,2-7H3/t22-,24-,26+,27?,29?/m0/s1. The Labute approximate surface area is 254 Å². The smallest absolute Gasteiger partial charge is 0.303 e. The highest BCUT2D eigenvalue weighted by Crippen LogP contribution is 2.31. The molecule has 2 unspecified atom stereocenters. The fourth-order valence-corrected chi connectivity index (χ4v) is 6.05. The maximum Gasteiger partial charge on any atom is 0.303 e. The Balaban J connectivity index is 2.23. The molecule has 12 heteroatoms. The maximum absolute atomic E-state index is 13.1. The highest BCUT2D eigenvalue weighted by molar-refractivity contribution is 7.88. The molecule has 1 amide bonds. The van der Waals surface area contributed by atoms with Crippen LogP contribution in [0.5, 0.6) is 0 Å². The van der Waals surface area contributed by atoms with Crippen LogP contribution in [0, 0.1) is 11.8 Å². The van der Waals surface area contributed by atoms with E-state index in [2.05, 4.69) is 21.6 Å². The molecule has 0 aliphatic heterocycles. The number of amides is 1. The molecule has 0 fully saturated rings. The van der Waals surface area contributed by atoms with Crippen molar-refractivity contribution in [3.63, 3.8) is 0 Å². The van der Waals surface area contributed by atoms with Gasteiger partial charge in [0.25, 0.3) is 0 Å². The first-order chi connectivity index (χ1) is 19.7. The van der Waals surface area contributed by atoms with E-state index in [-0.39, 0.29) is 30.3 Å². The summed E-state index contributed by atoms with van der Waals surface area (Å²) in [7, 11) is -1.67. The predicted molar refractivity (Wildman–Crippen MR) is 166 cm³/mol. The van der Waals surface area contributed by atoms with Crippen molar-refractivity contribution >= 4 is 33.2 Å². The first-order valence-corrected chi connectivity index (χ1v) is 16.9. The Morgan fingerprint density at radius 1 is 1.24 bits per heavy atom. The number of aliphatic hydroxyl groups is 1. The van der Waals surface area contributed by atoms with Gasteiger partial charge in [0.15, 0.2) is 6.10 Å². The van der Waals surface area contributed by atoms with Gasteiger partial charge in [-0.3, -0.25) is 14.9 Å². The molecule has 2 rings (SSSR count).